The van der Waals surface area contributed by atoms with Crippen LogP contribution in [0.15, 0.2) is 16.5 Å². The van der Waals surface area contributed by atoms with Gasteiger partial charge < -0.3 is 11.1 Å². The minimum Gasteiger partial charge on any atom is -0.396 e. The molecule has 1 aromatic heterocycles. The van der Waals surface area contributed by atoms with Crippen molar-refractivity contribution in [1.29, 1.82) is 5.26 Å². The standard InChI is InChI=1S/C11H15N3S2/c1-7(2)4-5-14-11-10(15-3)9(13)8(6-12)16-11/h4,14H,5,13H2,1-3H3. The lowest BCUT2D eigenvalue weighted by Crippen LogP contribution is -1.98. The molecule has 0 aliphatic heterocycles. The maximum absolute atomic E-state index is 8.90. The number of allylic oxidation sites excluding steroid dienone is 1. The summed E-state index contributed by atoms with van der Waals surface area (Å²) in [5, 5.41) is 13.2. The van der Waals surface area contributed by atoms with Crippen molar-refractivity contribution in [1.82, 2.24) is 0 Å². The molecule has 0 fully saturated rings. The molecular formula is C11H15N3S2. The van der Waals surface area contributed by atoms with Gasteiger partial charge in [-0.2, -0.15) is 5.26 Å². The van der Waals surface area contributed by atoms with Crippen molar-refractivity contribution < 1.29 is 0 Å². The van der Waals surface area contributed by atoms with E-state index in [2.05, 4.69) is 31.3 Å². The lowest BCUT2D eigenvalue weighted by atomic mass is 10.3. The molecule has 0 spiro atoms. The number of nitrogen functional groups attached to an aromatic ring is 1. The highest BCUT2D eigenvalue weighted by atomic mass is 32.2. The molecule has 1 heterocycles. The Bertz CT molecular complexity index is 437. The number of nitriles is 1. The monoisotopic (exact) mass is 253 g/mol. The van der Waals surface area contributed by atoms with Gasteiger partial charge in [0.15, 0.2) is 0 Å². The van der Waals surface area contributed by atoms with Crippen molar-refractivity contribution in [2.75, 3.05) is 23.9 Å². The fourth-order valence-corrected chi connectivity index (χ4v) is 3.02. The molecule has 5 heteroatoms. The highest BCUT2D eigenvalue weighted by molar-refractivity contribution is 7.99. The van der Waals surface area contributed by atoms with Gasteiger partial charge in [0.25, 0.3) is 0 Å². The van der Waals surface area contributed by atoms with E-state index < -0.39 is 0 Å². The molecule has 0 atom stereocenters. The number of rotatable bonds is 4. The Kier molecular flexibility index (Phi) is 4.71. The van der Waals surface area contributed by atoms with Crippen LogP contribution >= 0.6 is 23.1 Å². The van der Waals surface area contributed by atoms with E-state index in [1.165, 1.54) is 16.9 Å². The first-order chi connectivity index (χ1) is 7.60. The minimum absolute atomic E-state index is 0.587. The van der Waals surface area contributed by atoms with Crippen LogP contribution in [0.4, 0.5) is 10.7 Å². The fourth-order valence-electron chi connectivity index (χ4n) is 1.18. The first-order valence-corrected chi connectivity index (χ1v) is 6.87. The second-order valence-electron chi connectivity index (χ2n) is 3.48. The van der Waals surface area contributed by atoms with Crippen LogP contribution in [0.1, 0.15) is 18.7 Å². The van der Waals surface area contributed by atoms with E-state index >= 15 is 0 Å². The molecule has 0 saturated heterocycles. The summed E-state index contributed by atoms with van der Waals surface area (Å²) in [6.07, 6.45) is 4.07. The number of nitrogens with zero attached hydrogens (tertiary/aromatic N) is 1. The largest absolute Gasteiger partial charge is 0.396 e. The van der Waals surface area contributed by atoms with Crippen molar-refractivity contribution in [2.45, 2.75) is 18.7 Å². The normalized spacial score (nSPS) is 9.62. The van der Waals surface area contributed by atoms with Gasteiger partial charge in [-0.1, -0.05) is 11.6 Å². The Hall–Kier alpha value is -1.12. The summed E-state index contributed by atoms with van der Waals surface area (Å²) in [5.74, 6) is 0. The van der Waals surface area contributed by atoms with Gasteiger partial charge in [-0.15, -0.1) is 23.1 Å². The molecule has 0 unspecified atom stereocenters. The third-order valence-electron chi connectivity index (χ3n) is 1.98. The molecule has 1 rings (SSSR count). The van der Waals surface area contributed by atoms with Gasteiger partial charge in [0, 0.05) is 6.54 Å². The summed E-state index contributed by atoms with van der Waals surface area (Å²) in [6.45, 7) is 4.88. The number of nitrogens with two attached hydrogens (primary N) is 1. The average Bonchev–Trinajstić information content (AvgIpc) is 2.54. The summed E-state index contributed by atoms with van der Waals surface area (Å²) >= 11 is 2.98. The molecule has 0 amide bonds. The number of anilines is 2. The van der Waals surface area contributed by atoms with E-state index in [1.54, 1.807) is 11.8 Å². The molecule has 0 aliphatic carbocycles. The van der Waals surface area contributed by atoms with Crippen molar-refractivity contribution in [3.63, 3.8) is 0 Å². The predicted molar refractivity (Wildman–Crippen MR) is 73.1 cm³/mol. The number of hydrogen-bond donors (Lipinski definition) is 2. The molecule has 0 bridgehead atoms. The van der Waals surface area contributed by atoms with Crippen LogP contribution < -0.4 is 11.1 Å². The third kappa shape index (κ3) is 2.94. The second kappa shape index (κ2) is 5.83. The van der Waals surface area contributed by atoms with E-state index in [1.807, 2.05) is 6.26 Å². The van der Waals surface area contributed by atoms with Gasteiger partial charge in [0.2, 0.25) is 0 Å². The zero-order chi connectivity index (χ0) is 12.1. The second-order valence-corrected chi connectivity index (χ2v) is 5.32. The Labute approximate surface area is 104 Å². The topological polar surface area (TPSA) is 61.8 Å². The maximum atomic E-state index is 8.90. The van der Waals surface area contributed by atoms with E-state index in [0.29, 0.717) is 10.6 Å². The van der Waals surface area contributed by atoms with Crippen molar-refractivity contribution in [2.24, 2.45) is 0 Å². The predicted octanol–water partition coefficient (Wildman–Crippen LogP) is 3.30. The average molecular weight is 253 g/mol. The van der Waals surface area contributed by atoms with Gasteiger partial charge in [-0.25, -0.2) is 0 Å². The molecule has 0 radical (unpaired) electrons. The van der Waals surface area contributed by atoms with Crippen LogP contribution in [0.3, 0.4) is 0 Å². The van der Waals surface area contributed by atoms with Crippen LogP contribution in [0, 0.1) is 11.3 Å². The van der Waals surface area contributed by atoms with Crippen LogP contribution in [0.5, 0.6) is 0 Å². The van der Waals surface area contributed by atoms with Crippen LogP contribution in [0.2, 0.25) is 0 Å². The minimum atomic E-state index is 0.587. The first kappa shape index (κ1) is 12.9. The summed E-state index contributed by atoms with van der Waals surface area (Å²) in [6, 6.07) is 2.11. The highest BCUT2D eigenvalue weighted by Crippen LogP contribution is 2.41. The van der Waals surface area contributed by atoms with Gasteiger partial charge in [0.05, 0.1) is 10.6 Å². The quantitative estimate of drug-likeness (QED) is 0.638. The molecular weight excluding hydrogens is 238 g/mol. The lowest BCUT2D eigenvalue weighted by molar-refractivity contribution is 1.26. The number of hydrogen-bond acceptors (Lipinski definition) is 5. The van der Waals surface area contributed by atoms with Crippen LogP contribution in [-0.4, -0.2) is 12.8 Å². The van der Waals surface area contributed by atoms with Crippen molar-refractivity contribution in [3.05, 3.63) is 16.5 Å². The van der Waals surface area contributed by atoms with Crippen molar-refractivity contribution >= 4 is 33.8 Å². The molecule has 3 nitrogen and oxygen atoms in total. The van der Waals surface area contributed by atoms with Crippen LogP contribution in [-0.2, 0) is 0 Å². The summed E-state index contributed by atoms with van der Waals surface area (Å²) in [7, 11) is 0. The Morgan fingerprint density at radius 3 is 2.81 bits per heavy atom. The SMILES string of the molecule is CSc1c(NCC=C(C)C)sc(C#N)c1N. The first-order valence-electron chi connectivity index (χ1n) is 4.83. The number of nitrogens with one attached hydrogen (secondary N) is 1. The molecule has 3 N–H and O–H groups in total. The van der Waals surface area contributed by atoms with Gasteiger partial charge in [-0.3, -0.25) is 0 Å². The Morgan fingerprint density at radius 1 is 1.62 bits per heavy atom. The molecule has 0 aromatic carbocycles. The van der Waals surface area contributed by atoms with E-state index in [9.17, 15) is 0 Å². The summed E-state index contributed by atoms with van der Waals surface area (Å²) in [4.78, 5) is 1.56. The molecule has 16 heavy (non-hydrogen) atoms. The molecule has 0 saturated carbocycles. The zero-order valence-corrected chi connectivity index (χ0v) is 11.3. The zero-order valence-electron chi connectivity index (χ0n) is 9.63. The van der Waals surface area contributed by atoms with Gasteiger partial charge >= 0.3 is 0 Å². The van der Waals surface area contributed by atoms with Gasteiger partial charge in [0.1, 0.15) is 15.9 Å². The summed E-state index contributed by atoms with van der Waals surface area (Å²) < 4.78 is 0. The van der Waals surface area contributed by atoms with Gasteiger partial charge in [-0.05, 0) is 20.1 Å². The van der Waals surface area contributed by atoms with Crippen LogP contribution in [0.25, 0.3) is 0 Å². The van der Waals surface area contributed by atoms with E-state index in [-0.39, 0.29) is 0 Å². The Balaban J connectivity index is 2.88. The van der Waals surface area contributed by atoms with E-state index in [0.717, 1.165) is 16.4 Å². The lowest BCUT2D eigenvalue weighted by Gasteiger charge is -2.03. The molecule has 0 aliphatic rings. The smallest absolute Gasteiger partial charge is 0.131 e. The molecule has 86 valence electrons. The number of thioether (sulfide) groups is 1. The Morgan fingerprint density at radius 2 is 2.31 bits per heavy atom. The highest BCUT2D eigenvalue weighted by Gasteiger charge is 2.14. The van der Waals surface area contributed by atoms with Crippen molar-refractivity contribution in [3.8, 4) is 6.07 Å². The number of thiophene rings is 1. The maximum Gasteiger partial charge on any atom is 0.131 e. The third-order valence-corrected chi connectivity index (χ3v) is 4.01. The van der Waals surface area contributed by atoms with E-state index in [4.69, 9.17) is 11.0 Å². The summed E-state index contributed by atoms with van der Waals surface area (Å²) in [5.41, 5.74) is 7.73. The fraction of sp³-hybridized carbons (Fsp3) is 0.364. The molecule has 1 aromatic rings.